The fourth-order valence-corrected chi connectivity index (χ4v) is 59.0. The molecule has 4 rings (SSSR count). The SMILES string of the molecule is C1=CC([S][Sn]([S]C2C=CC=C2)([S]C2C=CC=C2)[S]C2C=CC=C2)C=C1. The van der Waals surface area contributed by atoms with Gasteiger partial charge >= 0.3 is 167 Å². The van der Waals surface area contributed by atoms with Gasteiger partial charge in [0, 0.05) is 0 Å². The molecule has 0 bridgehead atoms. The molecule has 0 spiro atoms. The summed E-state index contributed by atoms with van der Waals surface area (Å²) in [7, 11) is 9.13. The van der Waals surface area contributed by atoms with E-state index < -0.39 is 12.8 Å². The number of allylic oxidation sites excluding steroid dienone is 8. The van der Waals surface area contributed by atoms with Gasteiger partial charge in [-0.3, -0.25) is 0 Å². The van der Waals surface area contributed by atoms with E-state index in [-0.39, 0.29) is 0 Å². The molecule has 0 fully saturated rings. The van der Waals surface area contributed by atoms with E-state index in [1.165, 1.54) is 0 Å². The van der Waals surface area contributed by atoms with Crippen molar-refractivity contribution in [3.05, 3.63) is 97.2 Å². The Balaban J connectivity index is 1.59. The van der Waals surface area contributed by atoms with Gasteiger partial charge in [-0.1, -0.05) is 0 Å². The van der Waals surface area contributed by atoms with Crippen LogP contribution in [-0.4, -0.2) is 33.8 Å². The summed E-state index contributed by atoms with van der Waals surface area (Å²) in [4.78, 5) is 0. The molecular weight excluding hydrogens is 487 g/mol. The molecule has 0 amide bonds. The van der Waals surface area contributed by atoms with E-state index in [0.717, 1.165) is 0 Å². The Hall–Kier alpha value is 0.119. The Kier molecular flexibility index (Phi) is 6.56. The van der Waals surface area contributed by atoms with E-state index in [4.69, 9.17) is 0 Å². The summed E-state index contributed by atoms with van der Waals surface area (Å²) >= 11 is -2.73. The second kappa shape index (κ2) is 8.87. The van der Waals surface area contributed by atoms with Gasteiger partial charge in [0.1, 0.15) is 0 Å². The van der Waals surface area contributed by atoms with Crippen molar-refractivity contribution < 1.29 is 0 Å². The second-order valence-corrected chi connectivity index (χ2v) is 46.8. The minimum absolute atomic E-state index is 0.543. The maximum absolute atomic E-state index is 2.73. The molecule has 0 saturated heterocycles. The van der Waals surface area contributed by atoms with Crippen molar-refractivity contribution in [2.24, 2.45) is 0 Å². The van der Waals surface area contributed by atoms with E-state index >= 15 is 0 Å². The van der Waals surface area contributed by atoms with E-state index in [2.05, 4.69) is 133 Å². The van der Waals surface area contributed by atoms with Crippen molar-refractivity contribution in [1.29, 1.82) is 0 Å². The Morgan fingerprint density at radius 1 is 0.360 bits per heavy atom. The van der Waals surface area contributed by atoms with Crippen LogP contribution in [0.15, 0.2) is 97.2 Å². The van der Waals surface area contributed by atoms with Crippen molar-refractivity contribution in [1.82, 2.24) is 0 Å². The van der Waals surface area contributed by atoms with Crippen LogP contribution in [-0.2, 0) is 0 Å². The van der Waals surface area contributed by atoms with Crippen molar-refractivity contribution >= 4 is 48.6 Å². The van der Waals surface area contributed by atoms with Crippen LogP contribution in [0.25, 0.3) is 0 Å². The van der Waals surface area contributed by atoms with Gasteiger partial charge in [-0.15, -0.1) is 0 Å². The van der Waals surface area contributed by atoms with Crippen LogP contribution in [0.3, 0.4) is 0 Å². The molecule has 4 aliphatic carbocycles. The Morgan fingerprint density at radius 3 is 0.760 bits per heavy atom. The number of hydrogen-bond donors (Lipinski definition) is 0. The summed E-state index contributed by atoms with van der Waals surface area (Å²) in [6, 6.07) is 0. The van der Waals surface area contributed by atoms with Gasteiger partial charge in [-0.25, -0.2) is 0 Å². The Labute approximate surface area is 165 Å². The third-order valence-corrected chi connectivity index (χ3v) is 49.9. The topological polar surface area (TPSA) is 0 Å². The zero-order valence-corrected chi connectivity index (χ0v) is 19.8. The van der Waals surface area contributed by atoms with Crippen LogP contribution in [0.2, 0.25) is 0 Å². The van der Waals surface area contributed by atoms with Crippen molar-refractivity contribution in [2.45, 2.75) is 21.0 Å². The Bertz CT molecular complexity index is 552. The third-order valence-electron chi connectivity index (χ3n) is 3.97. The zero-order chi connectivity index (χ0) is 17.0. The fraction of sp³-hybridized carbons (Fsp3) is 0.200. The van der Waals surface area contributed by atoms with Crippen molar-refractivity contribution in [2.75, 3.05) is 0 Å². The summed E-state index contributed by atoms with van der Waals surface area (Å²) in [6.07, 6.45) is 36.5. The van der Waals surface area contributed by atoms with E-state index in [9.17, 15) is 0 Å². The molecule has 0 radical (unpaired) electrons. The average molecular weight is 507 g/mol. The zero-order valence-electron chi connectivity index (χ0n) is 13.7. The molecule has 0 atom stereocenters. The van der Waals surface area contributed by atoms with Gasteiger partial charge in [0.05, 0.1) is 0 Å². The van der Waals surface area contributed by atoms with E-state index in [1.807, 2.05) is 0 Å². The quantitative estimate of drug-likeness (QED) is 0.352. The fourth-order valence-electron chi connectivity index (χ4n) is 2.79. The average Bonchev–Trinajstić information content (AvgIpc) is 3.37. The predicted molar refractivity (Wildman–Crippen MR) is 124 cm³/mol. The van der Waals surface area contributed by atoms with Gasteiger partial charge in [0.15, 0.2) is 0 Å². The molecule has 5 heteroatoms. The van der Waals surface area contributed by atoms with Gasteiger partial charge in [0.2, 0.25) is 0 Å². The molecule has 0 aromatic rings. The summed E-state index contributed by atoms with van der Waals surface area (Å²) < 4.78 is 0. The molecule has 0 aliphatic heterocycles. The van der Waals surface area contributed by atoms with E-state index in [0.29, 0.717) is 21.0 Å². The maximum atomic E-state index is 2.36. The minimum atomic E-state index is -2.73. The molecule has 0 aromatic heterocycles. The standard InChI is InChI=1S/4C5H6S.Sn/c4*6-5-3-1-2-4-5;/h4*1-6H;/q;;;;+4/p-4. The summed E-state index contributed by atoms with van der Waals surface area (Å²) in [5.41, 5.74) is 0. The normalized spacial score (nSPS) is 22.7. The van der Waals surface area contributed by atoms with Gasteiger partial charge < -0.3 is 0 Å². The summed E-state index contributed by atoms with van der Waals surface area (Å²) in [5, 5.41) is 2.17. The van der Waals surface area contributed by atoms with Crippen LogP contribution in [0.1, 0.15) is 0 Å². The molecule has 0 saturated carbocycles. The first-order valence-electron chi connectivity index (χ1n) is 8.43. The summed E-state index contributed by atoms with van der Waals surface area (Å²) in [6.45, 7) is 0. The van der Waals surface area contributed by atoms with E-state index in [1.54, 1.807) is 0 Å². The van der Waals surface area contributed by atoms with Crippen LogP contribution in [0.5, 0.6) is 0 Å². The number of hydrogen-bond acceptors (Lipinski definition) is 4. The Morgan fingerprint density at radius 2 is 0.560 bits per heavy atom. The molecule has 0 heterocycles. The van der Waals surface area contributed by atoms with Gasteiger partial charge in [-0.05, 0) is 0 Å². The molecule has 0 unspecified atom stereocenters. The van der Waals surface area contributed by atoms with Crippen LogP contribution in [0, 0.1) is 0 Å². The summed E-state index contributed by atoms with van der Waals surface area (Å²) in [5.74, 6) is 0. The molecule has 128 valence electrons. The second-order valence-electron chi connectivity index (χ2n) is 5.91. The molecule has 4 aliphatic rings. The van der Waals surface area contributed by atoms with Crippen LogP contribution >= 0.6 is 35.8 Å². The van der Waals surface area contributed by atoms with Crippen molar-refractivity contribution in [3.8, 4) is 0 Å². The predicted octanol–water partition coefficient (Wildman–Crippen LogP) is 6.33. The van der Waals surface area contributed by atoms with Crippen LogP contribution in [0.4, 0.5) is 0 Å². The molecule has 25 heavy (non-hydrogen) atoms. The molecular formula is C20H20S4Sn. The molecule has 0 nitrogen and oxygen atoms in total. The van der Waals surface area contributed by atoms with Crippen molar-refractivity contribution in [3.63, 3.8) is 0 Å². The first-order valence-corrected chi connectivity index (χ1v) is 25.9. The van der Waals surface area contributed by atoms with Gasteiger partial charge in [0.25, 0.3) is 0 Å². The third kappa shape index (κ3) is 5.10. The first kappa shape index (κ1) is 18.5. The first-order chi connectivity index (χ1) is 12.3. The monoisotopic (exact) mass is 508 g/mol. The number of rotatable bonds is 8. The van der Waals surface area contributed by atoms with Crippen LogP contribution < -0.4 is 0 Å². The molecule has 0 aromatic carbocycles. The van der Waals surface area contributed by atoms with Gasteiger partial charge in [-0.2, -0.15) is 0 Å². The molecule has 0 N–H and O–H groups in total.